The Hall–Kier alpha value is -3.68. The van der Waals surface area contributed by atoms with Gasteiger partial charge in [-0.3, -0.25) is 0 Å². The molecule has 0 aromatic heterocycles. The second-order valence-corrected chi connectivity index (χ2v) is 9.04. The Morgan fingerprint density at radius 3 is 1.18 bits per heavy atom. The maximum Gasteiger partial charge on any atom is 0.139 e. The lowest BCUT2D eigenvalue weighted by Crippen LogP contribution is -2.45. The van der Waals surface area contributed by atoms with Gasteiger partial charge < -0.3 is 30.6 Å². The number of allylic oxidation sites excluding steroid dienone is 4. The molecule has 6 heteroatoms. The van der Waals surface area contributed by atoms with Gasteiger partial charge in [0.25, 0.3) is 0 Å². The normalized spacial score (nSPS) is 15.3. The summed E-state index contributed by atoms with van der Waals surface area (Å²) in [5.74, 6) is -1.22. The first-order valence-electron chi connectivity index (χ1n) is 12.4. The molecule has 6 N–H and O–H groups in total. The molecule has 0 amide bonds. The lowest BCUT2D eigenvalue weighted by molar-refractivity contribution is -0.0996. The van der Waals surface area contributed by atoms with Crippen molar-refractivity contribution in [2.75, 3.05) is 0 Å². The number of aliphatic hydroxyl groups is 6. The third kappa shape index (κ3) is 8.16. The van der Waals surface area contributed by atoms with Gasteiger partial charge in [0.1, 0.15) is 35.9 Å². The summed E-state index contributed by atoms with van der Waals surface area (Å²) >= 11 is 0. The average molecular weight is 519 g/mol. The molecule has 0 fully saturated rings. The van der Waals surface area contributed by atoms with Crippen LogP contribution in [0.4, 0.5) is 0 Å². The van der Waals surface area contributed by atoms with Crippen molar-refractivity contribution in [2.24, 2.45) is 0 Å². The van der Waals surface area contributed by atoms with E-state index in [1.165, 1.54) is 12.2 Å². The summed E-state index contributed by atoms with van der Waals surface area (Å²) in [7, 11) is 0. The smallest absolute Gasteiger partial charge is 0.139 e. The summed E-state index contributed by atoms with van der Waals surface area (Å²) in [4.78, 5) is 0. The van der Waals surface area contributed by atoms with Crippen LogP contribution in [0.25, 0.3) is 12.2 Å². The number of aliphatic hydroxyl groups excluding tert-OH is 6. The van der Waals surface area contributed by atoms with Gasteiger partial charge in [0, 0.05) is 0 Å². The molecule has 38 heavy (non-hydrogen) atoms. The van der Waals surface area contributed by atoms with Crippen LogP contribution in [-0.4, -0.2) is 55.1 Å². The predicted molar refractivity (Wildman–Crippen MR) is 154 cm³/mol. The molecule has 0 aliphatic carbocycles. The van der Waals surface area contributed by atoms with Gasteiger partial charge in [0.2, 0.25) is 0 Å². The van der Waals surface area contributed by atoms with Crippen LogP contribution < -0.4 is 0 Å². The molecule has 4 atom stereocenters. The number of benzene rings is 2. The molecular weight excluding hydrogens is 480 g/mol. The highest BCUT2D eigenvalue weighted by molar-refractivity contribution is 5.56. The maximum atomic E-state index is 10.4. The van der Waals surface area contributed by atoms with Crippen molar-refractivity contribution >= 4 is 12.2 Å². The minimum Gasteiger partial charge on any atom is -0.509 e. The predicted octanol–water partition coefficient (Wildman–Crippen LogP) is 4.54. The van der Waals surface area contributed by atoms with E-state index >= 15 is 0 Å². The molecule has 0 radical (unpaired) electrons. The van der Waals surface area contributed by atoms with Gasteiger partial charge in [-0.1, -0.05) is 60.7 Å². The summed E-state index contributed by atoms with van der Waals surface area (Å²) in [6, 6.07) is 10.8. The van der Waals surface area contributed by atoms with Gasteiger partial charge in [-0.15, -0.1) is 26.3 Å². The summed E-state index contributed by atoms with van der Waals surface area (Å²) in [5, 5.41) is 62.6. The van der Waals surface area contributed by atoms with E-state index in [0.717, 1.165) is 22.3 Å². The lowest BCUT2D eigenvalue weighted by atomic mass is 9.96. The van der Waals surface area contributed by atoms with Crippen LogP contribution in [0.1, 0.15) is 33.4 Å². The maximum absolute atomic E-state index is 10.4. The van der Waals surface area contributed by atoms with Crippen LogP contribution in [0.3, 0.4) is 0 Å². The summed E-state index contributed by atoms with van der Waals surface area (Å²) in [6.45, 7) is 15.0. The van der Waals surface area contributed by atoms with Gasteiger partial charge in [-0.05, 0) is 71.2 Å². The van der Waals surface area contributed by atoms with E-state index in [0.29, 0.717) is 36.8 Å². The van der Waals surface area contributed by atoms with E-state index in [-0.39, 0.29) is 0 Å². The molecular formula is C32H38O6. The second kappa shape index (κ2) is 14.9. The van der Waals surface area contributed by atoms with Gasteiger partial charge >= 0.3 is 0 Å². The molecule has 0 saturated carbocycles. The minimum absolute atomic E-state index is 0.562. The number of hydrogen-bond acceptors (Lipinski definition) is 6. The van der Waals surface area contributed by atoms with E-state index < -0.39 is 35.9 Å². The van der Waals surface area contributed by atoms with Crippen molar-refractivity contribution in [2.45, 2.75) is 50.1 Å². The van der Waals surface area contributed by atoms with Crippen LogP contribution in [-0.2, 0) is 25.7 Å². The number of hydrogen-bond donors (Lipinski definition) is 6. The van der Waals surface area contributed by atoms with E-state index in [4.69, 9.17) is 0 Å². The van der Waals surface area contributed by atoms with Crippen molar-refractivity contribution in [3.05, 3.63) is 132 Å². The third-order valence-electron chi connectivity index (χ3n) is 6.15. The summed E-state index contributed by atoms with van der Waals surface area (Å²) in [6.07, 6.45) is 4.30. The Morgan fingerprint density at radius 2 is 0.868 bits per heavy atom. The monoisotopic (exact) mass is 518 g/mol. The van der Waals surface area contributed by atoms with Crippen LogP contribution >= 0.6 is 0 Å². The minimum atomic E-state index is -1.99. The summed E-state index contributed by atoms with van der Waals surface area (Å²) in [5.41, 5.74) is 5.15. The van der Waals surface area contributed by atoms with Crippen LogP contribution in [0.15, 0.2) is 98.5 Å². The topological polar surface area (TPSA) is 121 Å². The second-order valence-electron chi connectivity index (χ2n) is 9.04. The van der Waals surface area contributed by atoms with Crippen molar-refractivity contribution in [1.82, 2.24) is 0 Å². The van der Waals surface area contributed by atoms with Crippen molar-refractivity contribution < 1.29 is 30.6 Å². The highest BCUT2D eigenvalue weighted by Gasteiger charge is 2.34. The first-order valence-corrected chi connectivity index (χ1v) is 12.4. The molecule has 2 rings (SSSR count). The molecule has 6 nitrogen and oxygen atoms in total. The zero-order chi connectivity index (χ0) is 28.2. The van der Waals surface area contributed by atoms with E-state index in [1.54, 1.807) is 36.4 Å². The zero-order valence-corrected chi connectivity index (χ0v) is 21.6. The average Bonchev–Trinajstić information content (AvgIpc) is 2.90. The molecule has 0 unspecified atom stereocenters. The standard InChI is InChI=1S/C32H38O6/c1-5-9-23-15-13-21(17-25(23)11-7-3)19-27(33)29(35)31(37)32(38)30(36)28(34)20-22-14-16-24(10-6-2)26(18-22)12-8-4/h5-8,13-20,29-38H,1-4,9-12H2/t29-,30+,31-,32-/m1/s1. The van der Waals surface area contributed by atoms with Crippen LogP contribution in [0.2, 0.25) is 0 Å². The molecule has 0 saturated heterocycles. The van der Waals surface area contributed by atoms with Crippen LogP contribution in [0, 0.1) is 0 Å². The Morgan fingerprint density at radius 1 is 0.553 bits per heavy atom. The van der Waals surface area contributed by atoms with Gasteiger partial charge in [-0.2, -0.15) is 0 Å². The van der Waals surface area contributed by atoms with E-state index in [2.05, 4.69) is 26.3 Å². The molecule has 0 heterocycles. The fourth-order valence-corrected chi connectivity index (χ4v) is 4.11. The Labute approximate surface area is 224 Å². The highest BCUT2D eigenvalue weighted by Crippen LogP contribution is 2.22. The first kappa shape index (κ1) is 30.5. The van der Waals surface area contributed by atoms with Crippen LogP contribution in [0.5, 0.6) is 0 Å². The van der Waals surface area contributed by atoms with E-state index in [9.17, 15) is 30.6 Å². The first-order chi connectivity index (χ1) is 18.2. The lowest BCUT2D eigenvalue weighted by Gasteiger charge is -2.26. The van der Waals surface area contributed by atoms with Crippen molar-refractivity contribution in [1.29, 1.82) is 0 Å². The fourth-order valence-electron chi connectivity index (χ4n) is 4.11. The molecule has 202 valence electrons. The fraction of sp³-hybridized carbons (Fsp3) is 0.250. The molecule has 2 aromatic carbocycles. The third-order valence-corrected chi connectivity index (χ3v) is 6.15. The molecule has 0 bridgehead atoms. The van der Waals surface area contributed by atoms with Crippen molar-refractivity contribution in [3.63, 3.8) is 0 Å². The quantitative estimate of drug-likeness (QED) is 0.152. The van der Waals surface area contributed by atoms with Crippen molar-refractivity contribution in [3.8, 4) is 0 Å². The van der Waals surface area contributed by atoms with E-state index in [1.807, 2.05) is 24.3 Å². The SMILES string of the molecule is C=CCc1ccc(C=C(O)[C@@H](O)[C@@H](O)[C@H](O)[C@@H](O)C(O)=Cc2ccc(CC=C)c(CC=C)c2)cc1CC=C. The Kier molecular flexibility index (Phi) is 12.0. The van der Waals surface area contributed by atoms with Gasteiger partial charge in [-0.25, -0.2) is 0 Å². The Balaban J connectivity index is 2.20. The number of rotatable bonds is 15. The molecule has 2 aromatic rings. The van der Waals surface area contributed by atoms with Gasteiger partial charge in [0.15, 0.2) is 0 Å². The highest BCUT2D eigenvalue weighted by atomic mass is 16.4. The zero-order valence-electron chi connectivity index (χ0n) is 21.6. The molecule has 0 aliphatic heterocycles. The molecule has 0 aliphatic rings. The summed E-state index contributed by atoms with van der Waals surface area (Å²) < 4.78 is 0. The largest absolute Gasteiger partial charge is 0.509 e. The van der Waals surface area contributed by atoms with Gasteiger partial charge in [0.05, 0.1) is 0 Å². The Bertz CT molecular complexity index is 1100. The molecule has 0 spiro atoms.